The lowest BCUT2D eigenvalue weighted by Gasteiger charge is -2.31. The van der Waals surface area contributed by atoms with Crippen LogP contribution in [0.1, 0.15) is 26.7 Å². The van der Waals surface area contributed by atoms with Crippen LogP contribution in [0.15, 0.2) is 0 Å². The quantitative estimate of drug-likeness (QED) is 0.527. The molecule has 0 atom stereocenters. The van der Waals surface area contributed by atoms with E-state index in [-0.39, 0.29) is 25.9 Å². The van der Waals surface area contributed by atoms with Crippen molar-refractivity contribution in [3.05, 3.63) is 0 Å². The lowest BCUT2D eigenvalue weighted by molar-refractivity contribution is -0.139. The molecule has 0 fully saturated rings. The van der Waals surface area contributed by atoms with Gasteiger partial charge in [0.15, 0.2) is 0 Å². The topological polar surface area (TPSA) is 69.9 Å². The highest BCUT2D eigenvalue weighted by molar-refractivity contribution is 4.79. The Kier molecular flexibility index (Phi) is 6.24. The number of aliphatic hydroxyl groups is 3. The molecule has 13 heavy (non-hydrogen) atoms. The summed E-state index contributed by atoms with van der Waals surface area (Å²) in [5.74, 6) is 0. The predicted molar refractivity (Wildman–Crippen MR) is 49.4 cm³/mol. The van der Waals surface area contributed by atoms with E-state index in [9.17, 15) is 0 Å². The van der Waals surface area contributed by atoms with Gasteiger partial charge in [-0.15, -0.1) is 0 Å². The minimum absolute atomic E-state index is 0.0435. The summed E-state index contributed by atoms with van der Waals surface area (Å²) in [6.45, 7) is 3.30. The third kappa shape index (κ3) is 4.57. The molecular weight excluding hydrogens is 172 g/mol. The van der Waals surface area contributed by atoms with Crippen LogP contribution in [0, 0.1) is 0 Å². The van der Waals surface area contributed by atoms with Gasteiger partial charge >= 0.3 is 0 Å². The van der Waals surface area contributed by atoms with Gasteiger partial charge in [0.2, 0.25) is 0 Å². The zero-order valence-electron chi connectivity index (χ0n) is 8.36. The maximum atomic E-state index is 9.09. The fourth-order valence-corrected chi connectivity index (χ4v) is 1.24. The van der Waals surface area contributed by atoms with Crippen molar-refractivity contribution in [3.63, 3.8) is 0 Å². The Morgan fingerprint density at radius 1 is 1.15 bits per heavy atom. The fraction of sp³-hybridized carbons (Fsp3) is 1.00. The van der Waals surface area contributed by atoms with Gasteiger partial charge in [-0.25, -0.2) is 0 Å². The largest absolute Gasteiger partial charge is 0.396 e. The SMILES string of the molecule is CC(C)OC(CO)(CO)CCCO. The molecule has 0 heterocycles. The average Bonchev–Trinajstić information content (AvgIpc) is 2.12. The lowest BCUT2D eigenvalue weighted by atomic mass is 9.99. The monoisotopic (exact) mass is 192 g/mol. The lowest BCUT2D eigenvalue weighted by Crippen LogP contribution is -2.43. The molecule has 0 amide bonds. The molecule has 0 saturated carbocycles. The van der Waals surface area contributed by atoms with Crippen molar-refractivity contribution < 1.29 is 20.1 Å². The second-order valence-electron chi connectivity index (χ2n) is 3.49. The third-order valence-corrected chi connectivity index (χ3v) is 1.85. The van der Waals surface area contributed by atoms with E-state index in [0.29, 0.717) is 12.8 Å². The molecular formula is C9H20O4. The molecule has 0 bridgehead atoms. The van der Waals surface area contributed by atoms with Crippen molar-refractivity contribution in [2.45, 2.75) is 38.4 Å². The van der Waals surface area contributed by atoms with Gasteiger partial charge in [-0.3, -0.25) is 0 Å². The Balaban J connectivity index is 4.13. The Morgan fingerprint density at radius 2 is 1.69 bits per heavy atom. The molecule has 0 aliphatic rings. The number of aliphatic hydroxyl groups excluding tert-OH is 3. The first-order valence-electron chi connectivity index (χ1n) is 4.60. The first-order chi connectivity index (χ1) is 6.10. The maximum absolute atomic E-state index is 9.09. The highest BCUT2D eigenvalue weighted by Gasteiger charge is 2.30. The highest BCUT2D eigenvalue weighted by atomic mass is 16.5. The Hall–Kier alpha value is -0.160. The summed E-state index contributed by atoms with van der Waals surface area (Å²) in [7, 11) is 0. The summed E-state index contributed by atoms with van der Waals surface area (Å²) in [4.78, 5) is 0. The predicted octanol–water partition coefficient (Wildman–Crippen LogP) is -0.0927. The van der Waals surface area contributed by atoms with Gasteiger partial charge in [0.05, 0.1) is 19.3 Å². The summed E-state index contributed by atoms with van der Waals surface area (Å²) in [6.07, 6.45) is 0.945. The summed E-state index contributed by atoms with van der Waals surface area (Å²) in [6, 6.07) is 0. The molecule has 0 aliphatic heterocycles. The Labute approximate surface area is 79.2 Å². The Bertz CT molecular complexity index is 121. The molecule has 4 nitrogen and oxygen atoms in total. The van der Waals surface area contributed by atoms with E-state index in [0.717, 1.165) is 0 Å². The van der Waals surface area contributed by atoms with Gasteiger partial charge in [-0.05, 0) is 26.7 Å². The fourth-order valence-electron chi connectivity index (χ4n) is 1.24. The summed E-state index contributed by atoms with van der Waals surface area (Å²) < 4.78 is 5.43. The van der Waals surface area contributed by atoms with Gasteiger partial charge in [-0.1, -0.05) is 0 Å². The van der Waals surface area contributed by atoms with Gasteiger partial charge in [0.1, 0.15) is 5.60 Å². The van der Waals surface area contributed by atoms with Crippen LogP contribution < -0.4 is 0 Å². The summed E-state index contributed by atoms with van der Waals surface area (Å²) in [5.41, 5.74) is -0.892. The van der Waals surface area contributed by atoms with Crippen molar-refractivity contribution in [1.82, 2.24) is 0 Å². The normalized spacial score (nSPS) is 12.5. The molecule has 0 aromatic rings. The molecule has 0 rings (SSSR count). The van der Waals surface area contributed by atoms with Crippen LogP contribution in [0.3, 0.4) is 0 Å². The number of hydrogen-bond acceptors (Lipinski definition) is 4. The average molecular weight is 192 g/mol. The van der Waals surface area contributed by atoms with Crippen molar-refractivity contribution >= 4 is 0 Å². The zero-order valence-corrected chi connectivity index (χ0v) is 8.36. The molecule has 3 N–H and O–H groups in total. The molecule has 0 spiro atoms. The van der Waals surface area contributed by atoms with E-state index in [4.69, 9.17) is 20.1 Å². The van der Waals surface area contributed by atoms with Gasteiger partial charge < -0.3 is 20.1 Å². The van der Waals surface area contributed by atoms with Crippen LogP contribution in [-0.2, 0) is 4.74 Å². The summed E-state index contributed by atoms with van der Waals surface area (Å²) in [5, 5.41) is 26.8. The van der Waals surface area contributed by atoms with E-state index >= 15 is 0 Å². The van der Waals surface area contributed by atoms with Crippen LogP contribution in [0.25, 0.3) is 0 Å². The van der Waals surface area contributed by atoms with Gasteiger partial charge in [0.25, 0.3) is 0 Å². The van der Waals surface area contributed by atoms with E-state index in [1.807, 2.05) is 13.8 Å². The third-order valence-electron chi connectivity index (χ3n) is 1.85. The zero-order chi connectivity index (χ0) is 10.3. The highest BCUT2D eigenvalue weighted by Crippen LogP contribution is 2.19. The molecule has 0 aliphatic carbocycles. The van der Waals surface area contributed by atoms with Crippen molar-refractivity contribution in [2.24, 2.45) is 0 Å². The molecule has 80 valence electrons. The second-order valence-corrected chi connectivity index (χ2v) is 3.49. The van der Waals surface area contributed by atoms with Crippen LogP contribution in [0.2, 0.25) is 0 Å². The van der Waals surface area contributed by atoms with E-state index < -0.39 is 5.60 Å². The first-order valence-corrected chi connectivity index (χ1v) is 4.60. The van der Waals surface area contributed by atoms with Gasteiger partial charge in [-0.2, -0.15) is 0 Å². The number of rotatable bonds is 7. The molecule has 0 radical (unpaired) electrons. The van der Waals surface area contributed by atoms with Crippen molar-refractivity contribution in [3.8, 4) is 0 Å². The second kappa shape index (κ2) is 6.32. The number of hydrogen-bond donors (Lipinski definition) is 3. The minimum atomic E-state index is -0.892. The van der Waals surface area contributed by atoms with Crippen LogP contribution in [-0.4, -0.2) is 46.8 Å². The van der Waals surface area contributed by atoms with E-state index in [1.54, 1.807) is 0 Å². The summed E-state index contributed by atoms with van der Waals surface area (Å²) >= 11 is 0. The molecule has 4 heteroatoms. The van der Waals surface area contributed by atoms with Crippen molar-refractivity contribution in [2.75, 3.05) is 19.8 Å². The Morgan fingerprint density at radius 3 is 2.00 bits per heavy atom. The van der Waals surface area contributed by atoms with Crippen LogP contribution >= 0.6 is 0 Å². The molecule has 0 aromatic heterocycles. The van der Waals surface area contributed by atoms with Crippen LogP contribution in [0.4, 0.5) is 0 Å². The van der Waals surface area contributed by atoms with Crippen LogP contribution in [0.5, 0.6) is 0 Å². The molecule has 0 unspecified atom stereocenters. The number of ether oxygens (including phenoxy) is 1. The van der Waals surface area contributed by atoms with E-state index in [1.165, 1.54) is 0 Å². The van der Waals surface area contributed by atoms with E-state index in [2.05, 4.69) is 0 Å². The molecule has 0 aromatic carbocycles. The smallest absolute Gasteiger partial charge is 0.114 e. The van der Waals surface area contributed by atoms with Crippen molar-refractivity contribution in [1.29, 1.82) is 0 Å². The van der Waals surface area contributed by atoms with Gasteiger partial charge in [0, 0.05) is 6.61 Å². The maximum Gasteiger partial charge on any atom is 0.114 e. The first kappa shape index (κ1) is 12.8. The minimum Gasteiger partial charge on any atom is -0.396 e. The molecule has 0 saturated heterocycles. The standard InChI is InChI=1S/C9H20O4/c1-8(2)13-9(6-11,7-12)4-3-5-10/h8,10-12H,3-7H2,1-2H3.